The smallest absolute Gasteiger partial charge is 0.270 e. The maximum Gasteiger partial charge on any atom is 0.270 e. The Morgan fingerprint density at radius 3 is 3.27 bits per heavy atom. The van der Waals surface area contributed by atoms with Crippen LogP contribution in [0.1, 0.15) is 22.5 Å². The Morgan fingerprint density at radius 1 is 1.60 bits per heavy atom. The van der Waals surface area contributed by atoms with Gasteiger partial charge >= 0.3 is 0 Å². The third-order valence-electron chi connectivity index (χ3n) is 2.77. The van der Waals surface area contributed by atoms with E-state index in [4.69, 9.17) is 4.74 Å². The van der Waals surface area contributed by atoms with Gasteiger partial charge < -0.3 is 14.6 Å². The van der Waals surface area contributed by atoms with Crippen LogP contribution in [0.3, 0.4) is 0 Å². The Balaban J connectivity index is 2.13. The van der Waals surface area contributed by atoms with Crippen LogP contribution in [0.2, 0.25) is 0 Å². The van der Waals surface area contributed by atoms with Crippen molar-refractivity contribution >= 4 is 5.91 Å². The van der Waals surface area contributed by atoms with Crippen LogP contribution >= 0.6 is 0 Å². The molecule has 0 aliphatic carbocycles. The van der Waals surface area contributed by atoms with Crippen molar-refractivity contribution in [3.63, 3.8) is 0 Å². The average molecular weight is 208 g/mol. The first-order valence-electron chi connectivity index (χ1n) is 5.27. The lowest BCUT2D eigenvalue weighted by Gasteiger charge is -2.19. The number of carbonyl (C=O) groups excluding carboxylic acids is 1. The molecule has 1 aliphatic rings. The van der Waals surface area contributed by atoms with E-state index < -0.39 is 0 Å². The molecule has 2 rings (SSSR count). The van der Waals surface area contributed by atoms with Gasteiger partial charge in [0.25, 0.3) is 5.91 Å². The van der Waals surface area contributed by atoms with Gasteiger partial charge in [0.1, 0.15) is 5.69 Å². The van der Waals surface area contributed by atoms with E-state index in [1.807, 2.05) is 17.2 Å². The predicted molar refractivity (Wildman–Crippen MR) is 56.9 cm³/mol. The maximum atomic E-state index is 12.0. The number of H-pyrrole nitrogens is 1. The van der Waals surface area contributed by atoms with Gasteiger partial charge in [-0.25, -0.2) is 0 Å². The van der Waals surface area contributed by atoms with Crippen molar-refractivity contribution in [3.05, 3.63) is 23.5 Å². The Hall–Kier alpha value is -1.29. The molecule has 1 aromatic heterocycles. The molecule has 0 saturated carbocycles. The highest BCUT2D eigenvalue weighted by Crippen LogP contribution is 2.16. The molecule has 0 bridgehead atoms. The molecule has 1 amide bonds. The first-order valence-corrected chi connectivity index (χ1v) is 5.27. The van der Waals surface area contributed by atoms with Crippen LogP contribution in [0.4, 0.5) is 0 Å². The van der Waals surface area contributed by atoms with Gasteiger partial charge in [-0.3, -0.25) is 4.79 Å². The summed E-state index contributed by atoms with van der Waals surface area (Å²) in [6.07, 6.45) is 3.84. The van der Waals surface area contributed by atoms with Gasteiger partial charge in [0.2, 0.25) is 0 Å². The van der Waals surface area contributed by atoms with Crippen molar-refractivity contribution in [2.75, 3.05) is 26.8 Å². The monoisotopic (exact) mass is 208 g/mol. The lowest BCUT2D eigenvalue weighted by Crippen LogP contribution is -2.34. The summed E-state index contributed by atoms with van der Waals surface area (Å²) in [5.41, 5.74) is 1.89. The van der Waals surface area contributed by atoms with Crippen LogP contribution in [0.15, 0.2) is 12.3 Å². The lowest BCUT2D eigenvalue weighted by atomic mass is 10.1. The van der Waals surface area contributed by atoms with Gasteiger partial charge in [0.05, 0.1) is 6.61 Å². The van der Waals surface area contributed by atoms with Crippen LogP contribution in [0, 0.1) is 0 Å². The number of nitrogens with zero attached hydrogens (tertiary/aromatic N) is 1. The molecule has 0 radical (unpaired) electrons. The molecule has 0 aromatic carbocycles. The number of carbonyl (C=O) groups is 1. The van der Waals surface area contributed by atoms with Gasteiger partial charge in [-0.1, -0.05) is 0 Å². The van der Waals surface area contributed by atoms with Crippen LogP contribution in [-0.2, 0) is 11.2 Å². The maximum absolute atomic E-state index is 12.0. The highest BCUT2D eigenvalue weighted by Gasteiger charge is 2.22. The van der Waals surface area contributed by atoms with E-state index in [0.29, 0.717) is 13.2 Å². The van der Waals surface area contributed by atoms with Gasteiger partial charge in [-0.2, -0.15) is 0 Å². The molecular weight excluding hydrogens is 192 g/mol. The molecule has 15 heavy (non-hydrogen) atoms. The van der Waals surface area contributed by atoms with Crippen molar-refractivity contribution in [2.45, 2.75) is 12.8 Å². The summed E-state index contributed by atoms with van der Waals surface area (Å²) in [5.74, 6) is 0.101. The number of amides is 1. The van der Waals surface area contributed by atoms with E-state index >= 15 is 0 Å². The molecule has 82 valence electrons. The van der Waals surface area contributed by atoms with Gasteiger partial charge in [-0.15, -0.1) is 0 Å². The molecule has 0 saturated heterocycles. The fourth-order valence-corrected chi connectivity index (χ4v) is 1.94. The second kappa shape index (κ2) is 4.49. The molecule has 0 atom stereocenters. The molecule has 4 nitrogen and oxygen atoms in total. The molecular formula is C11H16N2O2. The molecule has 1 N–H and O–H groups in total. The number of hydrogen-bond acceptors (Lipinski definition) is 2. The van der Waals surface area contributed by atoms with Crippen LogP contribution in [0.5, 0.6) is 0 Å². The summed E-state index contributed by atoms with van der Waals surface area (Å²) in [4.78, 5) is 16.9. The second-order valence-electron chi connectivity index (χ2n) is 3.77. The number of rotatable bonds is 3. The minimum Gasteiger partial charge on any atom is -0.383 e. The number of aryl methyl sites for hydroxylation is 1. The first kappa shape index (κ1) is 10.2. The molecule has 0 fully saturated rings. The highest BCUT2D eigenvalue weighted by molar-refractivity contribution is 5.94. The lowest BCUT2D eigenvalue weighted by molar-refractivity contribution is 0.0696. The van der Waals surface area contributed by atoms with Crippen molar-refractivity contribution in [3.8, 4) is 0 Å². The minimum absolute atomic E-state index is 0.101. The van der Waals surface area contributed by atoms with Crippen molar-refractivity contribution in [1.82, 2.24) is 9.88 Å². The molecule has 0 unspecified atom stereocenters. The molecule has 2 heterocycles. The number of hydrogen-bond donors (Lipinski definition) is 1. The fraction of sp³-hybridized carbons (Fsp3) is 0.545. The average Bonchev–Trinajstić information content (AvgIpc) is 2.65. The second-order valence-corrected chi connectivity index (χ2v) is 3.77. The Labute approximate surface area is 89.2 Å². The summed E-state index contributed by atoms with van der Waals surface area (Å²) in [6, 6.07) is 1.99. The molecule has 1 aromatic rings. The number of fused-ring (bicyclic) bond motifs is 1. The Kier molecular flexibility index (Phi) is 3.06. The number of methoxy groups -OCH3 is 1. The highest BCUT2D eigenvalue weighted by atomic mass is 16.5. The number of aromatic amines is 1. The topological polar surface area (TPSA) is 45.3 Å². The Bertz CT molecular complexity index is 346. The third-order valence-corrected chi connectivity index (χ3v) is 2.77. The summed E-state index contributed by atoms with van der Waals surface area (Å²) in [7, 11) is 1.66. The SMILES string of the molecule is COCCN1CCCc2cc[nH]c2C1=O. The zero-order chi connectivity index (χ0) is 10.7. The van der Waals surface area contributed by atoms with Crippen LogP contribution in [-0.4, -0.2) is 42.6 Å². The molecule has 1 aliphatic heterocycles. The first-order chi connectivity index (χ1) is 7.33. The fourth-order valence-electron chi connectivity index (χ4n) is 1.94. The zero-order valence-corrected chi connectivity index (χ0v) is 8.95. The third kappa shape index (κ3) is 2.04. The largest absolute Gasteiger partial charge is 0.383 e. The minimum atomic E-state index is 0.101. The standard InChI is InChI=1S/C11H16N2O2/c1-15-8-7-13-6-2-3-9-4-5-12-10(9)11(13)14/h4-5,12H,2-3,6-8H2,1H3. The van der Waals surface area contributed by atoms with E-state index in [9.17, 15) is 4.79 Å². The molecule has 0 spiro atoms. The van der Waals surface area contributed by atoms with E-state index in [2.05, 4.69) is 4.98 Å². The Morgan fingerprint density at radius 2 is 2.47 bits per heavy atom. The summed E-state index contributed by atoms with van der Waals surface area (Å²) in [5, 5.41) is 0. The van der Waals surface area contributed by atoms with Crippen molar-refractivity contribution in [1.29, 1.82) is 0 Å². The number of nitrogens with one attached hydrogen (secondary N) is 1. The summed E-state index contributed by atoms with van der Waals surface area (Å²) >= 11 is 0. The van der Waals surface area contributed by atoms with Crippen LogP contribution in [0.25, 0.3) is 0 Å². The zero-order valence-electron chi connectivity index (χ0n) is 8.95. The van der Waals surface area contributed by atoms with E-state index in [0.717, 1.165) is 30.6 Å². The number of aromatic nitrogens is 1. The quantitative estimate of drug-likeness (QED) is 0.807. The predicted octanol–water partition coefficient (Wildman–Crippen LogP) is 1.05. The normalized spacial score (nSPS) is 16.3. The number of ether oxygens (including phenoxy) is 1. The van der Waals surface area contributed by atoms with Crippen molar-refractivity contribution in [2.24, 2.45) is 0 Å². The van der Waals surface area contributed by atoms with Gasteiger partial charge in [0.15, 0.2) is 0 Å². The van der Waals surface area contributed by atoms with Crippen molar-refractivity contribution < 1.29 is 9.53 Å². The van der Waals surface area contributed by atoms with Gasteiger partial charge in [0, 0.05) is 26.4 Å². The van der Waals surface area contributed by atoms with Gasteiger partial charge in [-0.05, 0) is 24.5 Å². The molecule has 4 heteroatoms. The summed E-state index contributed by atoms with van der Waals surface area (Å²) in [6.45, 7) is 2.10. The van der Waals surface area contributed by atoms with E-state index in [1.54, 1.807) is 7.11 Å². The van der Waals surface area contributed by atoms with Crippen LogP contribution < -0.4 is 0 Å². The summed E-state index contributed by atoms with van der Waals surface area (Å²) < 4.78 is 5.00. The van der Waals surface area contributed by atoms with E-state index in [-0.39, 0.29) is 5.91 Å². The van der Waals surface area contributed by atoms with E-state index in [1.165, 1.54) is 0 Å².